The molecule has 0 aliphatic carbocycles. The van der Waals surface area contributed by atoms with Crippen molar-refractivity contribution >= 4 is 25.7 Å². The minimum absolute atomic E-state index is 0.152. The van der Waals surface area contributed by atoms with E-state index in [1.54, 1.807) is 0 Å². The minimum Gasteiger partial charge on any atom is -0.480 e. The highest BCUT2D eigenvalue weighted by atomic mass is 31.2. The zero-order valence-corrected chi connectivity index (χ0v) is 32.7. The van der Waals surface area contributed by atoms with Crippen LogP contribution in [-0.4, -0.2) is 59.9 Å². The maximum atomic E-state index is 12.5. The number of aliphatic carboxylic acids is 1. The molecule has 0 heterocycles. The lowest BCUT2D eigenvalue weighted by atomic mass is 10.0. The predicted molar refractivity (Wildman–Crippen MR) is 203 cm³/mol. The van der Waals surface area contributed by atoms with E-state index in [1.165, 1.54) is 77.0 Å². The van der Waals surface area contributed by atoms with E-state index >= 15 is 0 Å². The second-order valence-electron chi connectivity index (χ2n) is 13.5. The molecule has 0 aliphatic rings. The van der Waals surface area contributed by atoms with Gasteiger partial charge in [-0.1, -0.05) is 128 Å². The third-order valence-electron chi connectivity index (χ3n) is 8.57. The van der Waals surface area contributed by atoms with Crippen molar-refractivity contribution in [2.45, 2.75) is 186 Å². The first-order valence-corrected chi connectivity index (χ1v) is 21.3. The Balaban J connectivity index is 4.38. The number of phosphoric acid groups is 1. The molecule has 0 radical (unpaired) electrons. The van der Waals surface area contributed by atoms with Crippen molar-refractivity contribution in [2.24, 2.45) is 5.73 Å². The highest BCUT2D eigenvalue weighted by Gasteiger charge is 2.28. The number of hydrogen-bond donors (Lipinski definition) is 3. The molecule has 0 saturated heterocycles. The van der Waals surface area contributed by atoms with Crippen molar-refractivity contribution in [3.63, 3.8) is 0 Å². The molecule has 0 rings (SSSR count). The lowest BCUT2D eigenvalue weighted by molar-refractivity contribution is -0.161. The molecule has 4 N–H and O–H groups in total. The monoisotopic (exact) mass is 745 g/mol. The maximum Gasteiger partial charge on any atom is 0.472 e. The van der Waals surface area contributed by atoms with Crippen LogP contribution in [0.25, 0.3) is 0 Å². The molecule has 0 aromatic rings. The molecule has 0 bridgehead atoms. The van der Waals surface area contributed by atoms with Gasteiger partial charge < -0.3 is 25.2 Å². The molecule has 298 valence electrons. The summed E-state index contributed by atoms with van der Waals surface area (Å²) in [6.45, 7) is 4.27. The topological polar surface area (TPSA) is 172 Å². The van der Waals surface area contributed by atoms with Gasteiger partial charge in [-0.25, -0.2) is 4.57 Å². The van der Waals surface area contributed by atoms with Gasteiger partial charge in [0.05, 0.1) is 13.2 Å². The molecule has 51 heavy (non-hydrogen) atoms. The van der Waals surface area contributed by atoms with Gasteiger partial charge in [0.1, 0.15) is 12.6 Å². The fraction of sp³-hybridized carbons (Fsp3) is 0.821. The van der Waals surface area contributed by atoms with Crippen molar-refractivity contribution in [1.29, 1.82) is 0 Å². The Bertz CT molecular complexity index is 960. The second-order valence-corrected chi connectivity index (χ2v) is 15.0. The normalized spacial score (nSPS) is 13.9. The molecule has 0 fully saturated rings. The fourth-order valence-corrected chi connectivity index (χ4v) is 6.17. The third kappa shape index (κ3) is 34.8. The highest BCUT2D eigenvalue weighted by molar-refractivity contribution is 7.47. The molecular formula is C39H72NO10P. The summed E-state index contributed by atoms with van der Waals surface area (Å²) in [5, 5.41) is 8.86. The van der Waals surface area contributed by atoms with Crippen LogP contribution in [0.2, 0.25) is 0 Å². The second kappa shape index (κ2) is 35.0. The van der Waals surface area contributed by atoms with E-state index in [0.29, 0.717) is 12.8 Å². The van der Waals surface area contributed by atoms with E-state index in [4.69, 9.17) is 24.8 Å². The fourth-order valence-electron chi connectivity index (χ4n) is 5.39. The number of unbranched alkanes of at least 4 members (excludes halogenated alkanes) is 21. The SMILES string of the molecule is C=CCCCCCCCCCCCCCCCC(=O)OC[C@H](COP(=O)(O)OC[C@H](N)C(=O)O)OC(=O)CCCCCCC/C=C/CCCCC. The summed E-state index contributed by atoms with van der Waals surface area (Å²) >= 11 is 0. The van der Waals surface area contributed by atoms with Crippen LogP contribution in [0, 0.1) is 0 Å². The first-order chi connectivity index (χ1) is 24.6. The van der Waals surface area contributed by atoms with Crippen molar-refractivity contribution in [2.75, 3.05) is 19.8 Å². The number of hydrogen-bond acceptors (Lipinski definition) is 9. The molecule has 12 heteroatoms. The van der Waals surface area contributed by atoms with E-state index in [9.17, 15) is 23.8 Å². The summed E-state index contributed by atoms with van der Waals surface area (Å²) in [5.74, 6) is -2.39. The average Bonchev–Trinajstić information content (AvgIpc) is 3.10. The molecule has 11 nitrogen and oxygen atoms in total. The summed E-state index contributed by atoms with van der Waals surface area (Å²) in [6.07, 6.45) is 32.8. The summed E-state index contributed by atoms with van der Waals surface area (Å²) in [5.41, 5.74) is 5.32. The Labute approximate surface area is 309 Å². The molecular weight excluding hydrogens is 673 g/mol. The van der Waals surface area contributed by atoms with E-state index in [2.05, 4.69) is 30.2 Å². The van der Waals surface area contributed by atoms with Gasteiger partial charge in [0.2, 0.25) is 0 Å². The summed E-state index contributed by atoms with van der Waals surface area (Å²) in [7, 11) is -4.71. The number of phosphoric ester groups is 1. The lowest BCUT2D eigenvalue weighted by Gasteiger charge is -2.20. The quantitative estimate of drug-likeness (QED) is 0.0238. The van der Waals surface area contributed by atoms with Crippen molar-refractivity contribution in [3.05, 3.63) is 24.8 Å². The van der Waals surface area contributed by atoms with Gasteiger partial charge in [-0.15, -0.1) is 6.58 Å². The first kappa shape index (κ1) is 49.0. The number of allylic oxidation sites excluding steroid dienone is 3. The Morgan fingerprint density at radius 1 is 0.647 bits per heavy atom. The first-order valence-electron chi connectivity index (χ1n) is 19.8. The van der Waals surface area contributed by atoms with Crippen LogP contribution in [-0.2, 0) is 37.5 Å². The molecule has 1 unspecified atom stereocenters. The molecule has 0 spiro atoms. The summed E-state index contributed by atoms with van der Waals surface area (Å²) in [4.78, 5) is 45.8. The molecule has 0 aliphatic heterocycles. The average molecular weight is 746 g/mol. The van der Waals surface area contributed by atoms with E-state index in [1.807, 2.05) is 6.08 Å². The molecule has 0 aromatic heterocycles. The zero-order chi connectivity index (χ0) is 37.8. The van der Waals surface area contributed by atoms with Gasteiger partial charge in [0.15, 0.2) is 6.10 Å². The van der Waals surface area contributed by atoms with E-state index < -0.39 is 51.1 Å². The predicted octanol–water partition coefficient (Wildman–Crippen LogP) is 9.89. The van der Waals surface area contributed by atoms with Gasteiger partial charge >= 0.3 is 25.7 Å². The Morgan fingerprint density at radius 2 is 1.08 bits per heavy atom. The van der Waals surface area contributed by atoms with Gasteiger partial charge in [-0.3, -0.25) is 23.4 Å². The van der Waals surface area contributed by atoms with E-state index in [0.717, 1.165) is 64.2 Å². The van der Waals surface area contributed by atoms with Crippen molar-refractivity contribution in [3.8, 4) is 0 Å². The van der Waals surface area contributed by atoms with Crippen molar-refractivity contribution in [1.82, 2.24) is 0 Å². The van der Waals surface area contributed by atoms with Crippen LogP contribution in [0.4, 0.5) is 0 Å². The number of ether oxygens (including phenoxy) is 2. The van der Waals surface area contributed by atoms with Crippen LogP contribution in [0.1, 0.15) is 174 Å². The van der Waals surface area contributed by atoms with Gasteiger partial charge in [0, 0.05) is 12.8 Å². The molecule has 3 atom stereocenters. The summed E-state index contributed by atoms with van der Waals surface area (Å²) < 4.78 is 32.6. The van der Waals surface area contributed by atoms with Gasteiger partial charge in [0.25, 0.3) is 0 Å². The highest BCUT2D eigenvalue weighted by Crippen LogP contribution is 2.43. The van der Waals surface area contributed by atoms with Crippen LogP contribution in [0.5, 0.6) is 0 Å². The largest absolute Gasteiger partial charge is 0.480 e. The Hall–Kier alpha value is -2.04. The zero-order valence-electron chi connectivity index (χ0n) is 31.8. The number of carboxylic acid groups (broad SMARTS) is 1. The van der Waals surface area contributed by atoms with Crippen molar-refractivity contribution < 1.29 is 47.5 Å². The Kier molecular flexibility index (Phi) is 33.6. The minimum atomic E-state index is -4.71. The summed E-state index contributed by atoms with van der Waals surface area (Å²) in [6, 6.07) is -1.52. The standard InChI is InChI=1S/C39H72NO10P/c1-3-5-7-9-11-13-15-17-18-19-21-22-24-26-28-30-37(41)47-32-35(33-48-51(45,46)49-34-36(40)39(43)44)50-38(42)31-29-27-25-23-20-16-14-12-10-8-6-4-2/h3,12,14,35-36H,1,4-11,13,15-34,40H2,2H3,(H,43,44)(H,45,46)/b14-12+/t35-,36+/m1/s1. The van der Waals surface area contributed by atoms with Crippen LogP contribution < -0.4 is 5.73 Å². The van der Waals surface area contributed by atoms with Crippen LogP contribution >= 0.6 is 7.82 Å². The number of carbonyl (C=O) groups excluding carboxylic acids is 2. The van der Waals surface area contributed by atoms with Crippen LogP contribution in [0.15, 0.2) is 24.8 Å². The number of nitrogens with two attached hydrogens (primary N) is 1. The maximum absolute atomic E-state index is 12.5. The number of carbonyl (C=O) groups is 3. The number of carboxylic acids is 1. The Morgan fingerprint density at radius 3 is 1.57 bits per heavy atom. The third-order valence-corrected chi connectivity index (χ3v) is 9.52. The smallest absolute Gasteiger partial charge is 0.472 e. The molecule has 0 saturated carbocycles. The molecule has 0 aromatic carbocycles. The number of esters is 2. The van der Waals surface area contributed by atoms with Crippen LogP contribution in [0.3, 0.4) is 0 Å². The lowest BCUT2D eigenvalue weighted by Crippen LogP contribution is -2.34. The van der Waals surface area contributed by atoms with Gasteiger partial charge in [-0.2, -0.15) is 0 Å². The van der Waals surface area contributed by atoms with Gasteiger partial charge in [-0.05, 0) is 51.4 Å². The molecule has 0 amide bonds. The van der Waals surface area contributed by atoms with E-state index in [-0.39, 0.29) is 19.4 Å². The number of rotatable bonds is 38.